The maximum Gasteiger partial charge on any atom is 0.222 e. The van der Waals surface area contributed by atoms with Crippen LogP contribution in [-0.2, 0) is 27.1 Å². The number of amides is 1. The largest absolute Gasteiger partial charge is 0.508 e. The van der Waals surface area contributed by atoms with E-state index in [-0.39, 0.29) is 23.3 Å². The summed E-state index contributed by atoms with van der Waals surface area (Å²) >= 11 is 0. The fourth-order valence-corrected chi connectivity index (χ4v) is 6.09. The van der Waals surface area contributed by atoms with Crippen LogP contribution in [0.3, 0.4) is 0 Å². The van der Waals surface area contributed by atoms with Gasteiger partial charge in [-0.2, -0.15) is 0 Å². The van der Waals surface area contributed by atoms with Crippen LogP contribution in [0, 0.1) is 5.82 Å². The predicted octanol–water partition coefficient (Wildman–Crippen LogP) is 6.95. The lowest BCUT2D eigenvalue weighted by Gasteiger charge is -2.10. The summed E-state index contributed by atoms with van der Waals surface area (Å²) in [6.45, 7) is 3.41. The van der Waals surface area contributed by atoms with Crippen molar-refractivity contribution < 1.29 is 33.6 Å². The molecule has 0 aliphatic carbocycles. The molecule has 0 saturated heterocycles. The lowest BCUT2D eigenvalue weighted by atomic mass is 10.1. The second-order valence-corrected chi connectivity index (χ2v) is 13.1. The fourth-order valence-electron chi connectivity index (χ4n) is 6.09. The molecule has 0 atom stereocenters. The summed E-state index contributed by atoms with van der Waals surface area (Å²) in [5.41, 5.74) is 10.8. The van der Waals surface area contributed by atoms with Gasteiger partial charge in [0.05, 0.1) is 49.9 Å². The van der Waals surface area contributed by atoms with E-state index in [2.05, 4.69) is 5.32 Å². The first-order valence-corrected chi connectivity index (χ1v) is 18.5. The van der Waals surface area contributed by atoms with Crippen molar-refractivity contribution in [1.29, 1.82) is 0 Å². The molecule has 0 radical (unpaired) electrons. The highest BCUT2D eigenvalue weighted by Crippen LogP contribution is 2.32. The lowest BCUT2D eigenvalue weighted by molar-refractivity contribution is -0.122. The van der Waals surface area contributed by atoms with E-state index in [0.29, 0.717) is 82.2 Å². The van der Waals surface area contributed by atoms with Gasteiger partial charge in [0.25, 0.3) is 0 Å². The van der Waals surface area contributed by atoms with E-state index < -0.39 is 5.82 Å². The second-order valence-electron chi connectivity index (χ2n) is 13.1. The molecule has 1 amide bonds. The summed E-state index contributed by atoms with van der Waals surface area (Å²) in [7, 11) is 0. The average molecular weight is 727 g/mol. The standard InChI is InChI=1S/C42H51FN4O6/c43-36-27-32(12-17-40(36)53-21-9-4-2-1-3-8-20-45-41(49)18-22-51-24-25-52-23-19-44)26-34-29-39-37(28-31-10-6-5-7-11-31)46-38(30-47(39)42(34)50)33-13-15-35(48)16-14-33/h5-7,10-17,27,29-30,48,50H,1-4,8-9,18-26,28,44H2,(H,45,49). The Morgan fingerprint density at radius 3 is 2.28 bits per heavy atom. The van der Waals surface area contributed by atoms with Crippen molar-refractivity contribution in [3.63, 3.8) is 0 Å². The molecule has 3 aromatic carbocycles. The molecule has 5 aromatic rings. The van der Waals surface area contributed by atoms with Gasteiger partial charge in [0, 0.05) is 49.7 Å². The Bertz CT molecular complexity index is 1870. The number of halogens is 1. The molecule has 0 aliphatic heterocycles. The molecule has 282 valence electrons. The SMILES string of the molecule is NCCOCCOCCC(=O)NCCCCCCCCOc1ccc(Cc2cc3c(Cc4ccccc4)nc(-c4ccc(O)cc4)cn3c2O)cc1F. The number of phenols is 1. The van der Waals surface area contributed by atoms with E-state index in [9.17, 15) is 15.0 Å². The first-order valence-electron chi connectivity index (χ1n) is 18.5. The van der Waals surface area contributed by atoms with Crippen LogP contribution in [0.4, 0.5) is 4.39 Å². The van der Waals surface area contributed by atoms with Crippen molar-refractivity contribution in [1.82, 2.24) is 14.7 Å². The number of aromatic hydroxyl groups is 2. The number of rotatable bonds is 23. The number of phenolic OH excluding ortho intramolecular Hbond substituents is 1. The molecule has 5 N–H and O–H groups in total. The third kappa shape index (κ3) is 12.3. The summed E-state index contributed by atoms with van der Waals surface area (Å²) in [6.07, 6.45) is 8.89. The van der Waals surface area contributed by atoms with Crippen molar-refractivity contribution in [3.05, 3.63) is 113 Å². The van der Waals surface area contributed by atoms with Gasteiger partial charge < -0.3 is 35.5 Å². The van der Waals surface area contributed by atoms with E-state index in [1.165, 1.54) is 6.07 Å². The predicted molar refractivity (Wildman–Crippen MR) is 204 cm³/mol. The van der Waals surface area contributed by atoms with Crippen LogP contribution in [0.2, 0.25) is 0 Å². The number of hydrogen-bond donors (Lipinski definition) is 4. The zero-order valence-electron chi connectivity index (χ0n) is 30.3. The van der Waals surface area contributed by atoms with Gasteiger partial charge in [-0.1, -0.05) is 62.1 Å². The summed E-state index contributed by atoms with van der Waals surface area (Å²) in [5, 5.41) is 24.1. The number of ether oxygens (including phenoxy) is 3. The molecule has 0 aliphatic rings. The summed E-state index contributed by atoms with van der Waals surface area (Å²) in [4.78, 5) is 16.9. The molecular formula is C42H51FN4O6. The molecule has 0 spiro atoms. The highest BCUT2D eigenvalue weighted by Gasteiger charge is 2.17. The maximum absolute atomic E-state index is 15.1. The molecule has 2 aromatic heterocycles. The minimum Gasteiger partial charge on any atom is -0.508 e. The van der Waals surface area contributed by atoms with Crippen molar-refractivity contribution >= 4 is 11.4 Å². The van der Waals surface area contributed by atoms with E-state index in [4.69, 9.17) is 24.9 Å². The Labute approximate surface area is 310 Å². The Balaban J connectivity index is 1.05. The van der Waals surface area contributed by atoms with Crippen molar-refractivity contribution in [2.75, 3.05) is 46.1 Å². The quantitative estimate of drug-likeness (QED) is 0.0531. The first-order chi connectivity index (χ1) is 25.9. The van der Waals surface area contributed by atoms with Crippen molar-refractivity contribution in [3.8, 4) is 28.6 Å². The summed E-state index contributed by atoms with van der Waals surface area (Å²) in [6, 6.07) is 23.7. The highest BCUT2D eigenvalue weighted by molar-refractivity contribution is 5.75. The molecule has 0 fully saturated rings. The third-order valence-corrected chi connectivity index (χ3v) is 8.92. The van der Waals surface area contributed by atoms with E-state index in [1.807, 2.05) is 42.5 Å². The minimum atomic E-state index is -0.433. The van der Waals surface area contributed by atoms with Crippen LogP contribution in [0.25, 0.3) is 16.8 Å². The van der Waals surface area contributed by atoms with Gasteiger partial charge in [-0.15, -0.1) is 0 Å². The molecule has 2 heterocycles. The van der Waals surface area contributed by atoms with Crippen LogP contribution in [-0.4, -0.2) is 71.6 Å². The van der Waals surface area contributed by atoms with Crippen LogP contribution < -0.4 is 15.8 Å². The molecule has 0 saturated carbocycles. The molecule has 11 heteroatoms. The van der Waals surface area contributed by atoms with Gasteiger partial charge in [0.1, 0.15) is 5.75 Å². The summed E-state index contributed by atoms with van der Waals surface area (Å²) in [5.74, 6) is 0.0150. The van der Waals surface area contributed by atoms with Gasteiger partial charge in [-0.25, -0.2) is 9.37 Å². The Hall–Kier alpha value is -4.97. The molecule has 0 unspecified atom stereocenters. The molecule has 0 bridgehead atoms. The lowest BCUT2D eigenvalue weighted by Crippen LogP contribution is -2.25. The average Bonchev–Trinajstić information content (AvgIpc) is 3.47. The van der Waals surface area contributed by atoms with Crippen molar-refractivity contribution in [2.24, 2.45) is 5.73 Å². The Kier molecular flexibility index (Phi) is 15.5. The van der Waals surface area contributed by atoms with Crippen LogP contribution >= 0.6 is 0 Å². The number of hydrogen-bond acceptors (Lipinski definition) is 8. The number of benzene rings is 3. The Morgan fingerprint density at radius 1 is 0.792 bits per heavy atom. The van der Waals surface area contributed by atoms with Crippen LogP contribution in [0.15, 0.2) is 85.1 Å². The minimum absolute atomic E-state index is 0.00563. The van der Waals surface area contributed by atoms with Gasteiger partial charge in [0.2, 0.25) is 5.91 Å². The zero-order chi connectivity index (χ0) is 37.3. The molecule has 53 heavy (non-hydrogen) atoms. The van der Waals surface area contributed by atoms with Gasteiger partial charge >= 0.3 is 0 Å². The normalized spacial score (nSPS) is 11.3. The number of aromatic nitrogens is 2. The van der Waals surface area contributed by atoms with E-state index in [1.54, 1.807) is 40.9 Å². The number of fused-ring (bicyclic) bond motifs is 1. The number of nitrogens with zero attached hydrogens (tertiary/aromatic N) is 2. The van der Waals surface area contributed by atoms with Gasteiger partial charge in [-0.05, 0) is 66.4 Å². The first kappa shape index (κ1) is 39.2. The highest BCUT2D eigenvalue weighted by atomic mass is 19.1. The van der Waals surface area contributed by atoms with Gasteiger partial charge in [0.15, 0.2) is 17.4 Å². The number of nitrogens with two attached hydrogens (primary N) is 1. The van der Waals surface area contributed by atoms with Crippen LogP contribution in [0.1, 0.15) is 67.3 Å². The van der Waals surface area contributed by atoms with Crippen LogP contribution in [0.5, 0.6) is 17.4 Å². The topological polar surface area (TPSA) is 141 Å². The number of carbonyl (C=O) groups is 1. The van der Waals surface area contributed by atoms with Gasteiger partial charge in [-0.3, -0.25) is 9.20 Å². The summed E-state index contributed by atoms with van der Waals surface area (Å²) < 4.78 is 33.2. The number of carbonyl (C=O) groups excluding carboxylic acids is 1. The maximum atomic E-state index is 15.1. The number of unbranched alkanes of at least 4 members (excludes halogenated alkanes) is 5. The zero-order valence-corrected chi connectivity index (χ0v) is 30.3. The third-order valence-electron chi connectivity index (χ3n) is 8.92. The van der Waals surface area contributed by atoms with E-state index in [0.717, 1.165) is 60.9 Å². The molecular weight excluding hydrogens is 675 g/mol. The second kappa shape index (κ2) is 20.9. The Morgan fingerprint density at radius 2 is 1.53 bits per heavy atom. The van der Waals surface area contributed by atoms with Crippen molar-refractivity contribution in [2.45, 2.75) is 57.8 Å². The smallest absolute Gasteiger partial charge is 0.222 e. The number of nitrogens with one attached hydrogen (secondary N) is 1. The molecule has 5 rings (SSSR count). The van der Waals surface area contributed by atoms with E-state index >= 15 is 4.39 Å². The molecule has 10 nitrogen and oxygen atoms in total. The monoisotopic (exact) mass is 726 g/mol. The fraction of sp³-hybridized carbons (Fsp3) is 0.381.